The lowest BCUT2D eigenvalue weighted by Crippen LogP contribution is -2.26. The van der Waals surface area contributed by atoms with Crippen LogP contribution in [0.25, 0.3) is 0 Å². The molecule has 0 aliphatic carbocycles. The number of hydrogen-bond donors (Lipinski definition) is 0. The largest absolute Gasteiger partial charge is 0.489 e. The Morgan fingerprint density at radius 1 is 0.718 bits per heavy atom. The molecular formula is C33H32O6. The molecule has 0 aromatic heterocycles. The van der Waals surface area contributed by atoms with Crippen molar-refractivity contribution in [3.05, 3.63) is 131 Å². The zero-order chi connectivity index (χ0) is 27.1. The smallest absolute Gasteiger partial charge is 0.338 e. The second-order valence-electron chi connectivity index (χ2n) is 9.85. The number of rotatable bonds is 10. The van der Waals surface area contributed by atoms with E-state index in [1.54, 1.807) is 24.3 Å². The maximum atomic E-state index is 12.6. The highest BCUT2D eigenvalue weighted by Gasteiger charge is 2.43. The Kier molecular flexibility index (Phi) is 8.25. The first kappa shape index (κ1) is 26.5. The third kappa shape index (κ3) is 7.25. The van der Waals surface area contributed by atoms with Gasteiger partial charge in [0.25, 0.3) is 0 Å². The summed E-state index contributed by atoms with van der Waals surface area (Å²) >= 11 is 0. The minimum atomic E-state index is -0.861. The summed E-state index contributed by atoms with van der Waals surface area (Å²) in [6.07, 6.45) is -1.01. The first-order valence-corrected chi connectivity index (χ1v) is 13.0. The zero-order valence-corrected chi connectivity index (χ0v) is 22.1. The van der Waals surface area contributed by atoms with Gasteiger partial charge in [-0.15, -0.1) is 0 Å². The fourth-order valence-electron chi connectivity index (χ4n) is 4.46. The molecule has 0 saturated carbocycles. The maximum absolute atomic E-state index is 12.6. The number of carbonyl (C=O) groups is 1. The summed E-state index contributed by atoms with van der Waals surface area (Å²) in [6.45, 7) is 4.56. The molecule has 6 nitrogen and oxygen atoms in total. The van der Waals surface area contributed by atoms with E-state index in [2.05, 4.69) is 0 Å². The van der Waals surface area contributed by atoms with Gasteiger partial charge in [-0.1, -0.05) is 78.9 Å². The average Bonchev–Trinajstić information content (AvgIpc) is 3.29. The molecule has 5 rings (SSSR count). The number of esters is 1. The van der Waals surface area contributed by atoms with E-state index in [0.29, 0.717) is 30.3 Å². The van der Waals surface area contributed by atoms with Crippen molar-refractivity contribution >= 4 is 5.97 Å². The lowest BCUT2D eigenvalue weighted by Gasteiger charge is -2.20. The van der Waals surface area contributed by atoms with Crippen LogP contribution in [-0.4, -0.2) is 24.5 Å². The summed E-state index contributed by atoms with van der Waals surface area (Å²) in [5.41, 5.74) is 3.42. The number of hydrogen-bond acceptors (Lipinski definition) is 6. The highest BCUT2D eigenvalue weighted by atomic mass is 16.8. The van der Waals surface area contributed by atoms with Gasteiger partial charge in [0.1, 0.15) is 43.5 Å². The monoisotopic (exact) mass is 524 g/mol. The van der Waals surface area contributed by atoms with Crippen molar-refractivity contribution in [2.75, 3.05) is 6.61 Å². The first-order chi connectivity index (χ1) is 18.9. The molecular weight excluding hydrogens is 492 g/mol. The summed E-state index contributed by atoms with van der Waals surface area (Å²) in [5, 5.41) is 0. The van der Waals surface area contributed by atoms with Crippen LogP contribution in [0.15, 0.2) is 109 Å². The van der Waals surface area contributed by atoms with Gasteiger partial charge >= 0.3 is 5.97 Å². The highest BCUT2D eigenvalue weighted by molar-refractivity contribution is 5.89. The van der Waals surface area contributed by atoms with Crippen LogP contribution in [0.2, 0.25) is 0 Å². The van der Waals surface area contributed by atoms with Crippen LogP contribution in [0.4, 0.5) is 0 Å². The molecule has 0 radical (unpaired) electrons. The van der Waals surface area contributed by atoms with E-state index in [4.69, 9.17) is 23.7 Å². The third-order valence-electron chi connectivity index (χ3n) is 6.30. The van der Waals surface area contributed by atoms with E-state index in [9.17, 15) is 4.79 Å². The van der Waals surface area contributed by atoms with Crippen molar-refractivity contribution in [2.45, 2.75) is 45.1 Å². The van der Waals surface area contributed by atoms with Crippen molar-refractivity contribution in [1.29, 1.82) is 0 Å². The maximum Gasteiger partial charge on any atom is 0.338 e. The Hall–Kier alpha value is -4.13. The molecule has 0 amide bonds. The van der Waals surface area contributed by atoms with E-state index in [0.717, 1.165) is 16.7 Å². The number of carbonyl (C=O) groups excluding carboxylic acids is 1. The van der Waals surface area contributed by atoms with Gasteiger partial charge in [-0.05, 0) is 54.8 Å². The standard InChI is InChI=1S/C33H32O6/c1-33(2)38-30(23-37-32(34)26-16-10-5-11-17-26)31(39-33)27-18-28(35-21-24-12-6-3-7-13-24)20-29(19-27)36-22-25-14-8-4-9-15-25/h3-20,30-31H,21-23H2,1-2H3/t30-,31+/m0/s1. The first-order valence-electron chi connectivity index (χ1n) is 13.0. The van der Waals surface area contributed by atoms with Crippen LogP contribution in [-0.2, 0) is 27.4 Å². The minimum absolute atomic E-state index is 0.0388. The lowest BCUT2D eigenvalue weighted by atomic mass is 10.0. The van der Waals surface area contributed by atoms with Crippen molar-refractivity contribution in [1.82, 2.24) is 0 Å². The number of benzene rings is 4. The van der Waals surface area contributed by atoms with Crippen LogP contribution < -0.4 is 9.47 Å². The van der Waals surface area contributed by atoms with Gasteiger partial charge in [-0.3, -0.25) is 0 Å². The van der Waals surface area contributed by atoms with Gasteiger partial charge in [-0.25, -0.2) is 4.79 Å². The van der Waals surface area contributed by atoms with Gasteiger partial charge in [0, 0.05) is 6.07 Å². The third-order valence-corrected chi connectivity index (χ3v) is 6.30. The molecule has 2 atom stereocenters. The van der Waals surface area contributed by atoms with Crippen molar-refractivity contribution < 1.29 is 28.5 Å². The predicted octanol–water partition coefficient (Wildman–Crippen LogP) is 6.89. The SMILES string of the molecule is CC1(C)O[C@@H](COC(=O)c2ccccc2)[C@@H](c2cc(OCc3ccccc3)cc(OCc3ccccc3)c2)O1. The van der Waals surface area contributed by atoms with E-state index in [1.165, 1.54) is 0 Å². The fraction of sp³-hybridized carbons (Fsp3) is 0.242. The second kappa shape index (κ2) is 12.2. The molecule has 0 unspecified atom stereocenters. The normalized spacial score (nSPS) is 17.9. The van der Waals surface area contributed by atoms with E-state index < -0.39 is 24.0 Å². The fourth-order valence-corrected chi connectivity index (χ4v) is 4.46. The van der Waals surface area contributed by atoms with E-state index >= 15 is 0 Å². The Bertz CT molecular complexity index is 1290. The Morgan fingerprint density at radius 3 is 1.77 bits per heavy atom. The second-order valence-corrected chi connectivity index (χ2v) is 9.85. The quantitative estimate of drug-likeness (QED) is 0.211. The molecule has 4 aromatic rings. The Labute approximate surface area is 229 Å². The molecule has 0 bridgehead atoms. The summed E-state index contributed by atoms with van der Waals surface area (Å²) in [5.74, 6) is 0.0236. The predicted molar refractivity (Wildman–Crippen MR) is 147 cm³/mol. The van der Waals surface area contributed by atoms with Gasteiger partial charge in [0.2, 0.25) is 0 Å². The van der Waals surface area contributed by atoms with Gasteiger partial charge in [0.05, 0.1) is 5.56 Å². The molecule has 4 aromatic carbocycles. The van der Waals surface area contributed by atoms with Crippen molar-refractivity contribution in [2.24, 2.45) is 0 Å². The van der Waals surface area contributed by atoms with E-state index in [-0.39, 0.29) is 6.61 Å². The summed E-state index contributed by atoms with van der Waals surface area (Å²) in [7, 11) is 0. The molecule has 39 heavy (non-hydrogen) atoms. The van der Waals surface area contributed by atoms with Crippen LogP contribution in [0.1, 0.15) is 47.0 Å². The Balaban J connectivity index is 1.37. The molecule has 6 heteroatoms. The molecule has 1 aliphatic rings. The zero-order valence-electron chi connectivity index (χ0n) is 22.1. The minimum Gasteiger partial charge on any atom is -0.489 e. The molecule has 0 spiro atoms. The summed E-state index contributed by atoms with van der Waals surface area (Å²) < 4.78 is 30.4. The van der Waals surface area contributed by atoms with Crippen LogP contribution in [0, 0.1) is 0 Å². The van der Waals surface area contributed by atoms with Crippen molar-refractivity contribution in [3.8, 4) is 11.5 Å². The van der Waals surface area contributed by atoms with Gasteiger partial charge < -0.3 is 23.7 Å². The topological polar surface area (TPSA) is 63.2 Å². The average molecular weight is 525 g/mol. The molecule has 1 fully saturated rings. The molecule has 200 valence electrons. The molecule has 1 aliphatic heterocycles. The van der Waals surface area contributed by atoms with Crippen LogP contribution in [0.5, 0.6) is 11.5 Å². The Morgan fingerprint density at radius 2 is 1.23 bits per heavy atom. The van der Waals surface area contributed by atoms with Crippen molar-refractivity contribution in [3.63, 3.8) is 0 Å². The molecule has 1 heterocycles. The molecule has 0 N–H and O–H groups in total. The van der Waals surface area contributed by atoms with Crippen LogP contribution in [0.3, 0.4) is 0 Å². The molecule has 1 saturated heterocycles. The summed E-state index contributed by atoms with van der Waals surface area (Å²) in [4.78, 5) is 12.6. The summed E-state index contributed by atoms with van der Waals surface area (Å²) in [6, 6.07) is 34.6. The van der Waals surface area contributed by atoms with E-state index in [1.807, 2.05) is 98.8 Å². The highest BCUT2D eigenvalue weighted by Crippen LogP contribution is 2.41. The van der Waals surface area contributed by atoms with Gasteiger partial charge in [0.15, 0.2) is 5.79 Å². The van der Waals surface area contributed by atoms with Gasteiger partial charge in [-0.2, -0.15) is 0 Å². The van der Waals surface area contributed by atoms with Crippen LogP contribution >= 0.6 is 0 Å². The number of ether oxygens (including phenoxy) is 5. The lowest BCUT2D eigenvalue weighted by molar-refractivity contribution is -0.149.